The number of amidine groups is 1. The first-order chi connectivity index (χ1) is 8.87. The Morgan fingerprint density at radius 1 is 1.37 bits per heavy atom. The SMILES string of the molecule is NC1=N[C@@](c2cc(N)ccc2F)(C(F)F)[C@@H](F)CO1. The zero-order valence-electron chi connectivity index (χ0n) is 9.62. The fourth-order valence-electron chi connectivity index (χ4n) is 1.95. The number of benzene rings is 1. The highest BCUT2D eigenvalue weighted by atomic mass is 19.3. The van der Waals surface area contributed by atoms with Crippen LogP contribution in [0.1, 0.15) is 5.56 Å². The Morgan fingerprint density at radius 3 is 2.68 bits per heavy atom. The van der Waals surface area contributed by atoms with Gasteiger partial charge in [-0.2, -0.15) is 0 Å². The van der Waals surface area contributed by atoms with Crippen molar-refractivity contribution < 1.29 is 22.3 Å². The second-order valence-corrected chi connectivity index (χ2v) is 4.09. The van der Waals surface area contributed by atoms with Crippen molar-refractivity contribution in [2.75, 3.05) is 12.3 Å². The molecule has 0 saturated heterocycles. The topological polar surface area (TPSA) is 73.6 Å². The molecule has 4 N–H and O–H groups in total. The van der Waals surface area contributed by atoms with Gasteiger partial charge in [0, 0.05) is 11.3 Å². The number of alkyl halides is 3. The smallest absolute Gasteiger partial charge is 0.283 e. The van der Waals surface area contributed by atoms with E-state index in [2.05, 4.69) is 9.73 Å². The van der Waals surface area contributed by atoms with Crippen LogP contribution in [0.3, 0.4) is 0 Å². The highest BCUT2D eigenvalue weighted by Gasteiger charge is 2.54. The maximum Gasteiger partial charge on any atom is 0.283 e. The Balaban J connectivity index is 2.69. The molecule has 2 rings (SSSR count). The molecule has 0 spiro atoms. The molecule has 4 nitrogen and oxygen atoms in total. The van der Waals surface area contributed by atoms with Crippen molar-refractivity contribution in [2.45, 2.75) is 18.1 Å². The summed E-state index contributed by atoms with van der Waals surface area (Å²) < 4.78 is 58.9. The molecule has 0 aliphatic carbocycles. The molecule has 104 valence electrons. The van der Waals surface area contributed by atoms with E-state index in [1.165, 1.54) is 6.07 Å². The second kappa shape index (κ2) is 4.60. The lowest BCUT2D eigenvalue weighted by Gasteiger charge is -2.35. The molecule has 1 aliphatic heterocycles. The van der Waals surface area contributed by atoms with Crippen LogP contribution >= 0.6 is 0 Å². The molecule has 0 radical (unpaired) electrons. The lowest BCUT2D eigenvalue weighted by atomic mass is 9.85. The van der Waals surface area contributed by atoms with Gasteiger partial charge in [0.2, 0.25) is 0 Å². The maximum absolute atomic E-state index is 13.9. The average molecular weight is 277 g/mol. The third-order valence-electron chi connectivity index (χ3n) is 2.90. The number of rotatable bonds is 2. The Morgan fingerprint density at radius 2 is 2.05 bits per heavy atom. The molecular formula is C11H11F4N3O. The fraction of sp³-hybridized carbons (Fsp3) is 0.364. The molecule has 0 fully saturated rings. The van der Waals surface area contributed by atoms with Crippen LogP contribution in [-0.2, 0) is 10.3 Å². The van der Waals surface area contributed by atoms with Crippen LogP contribution in [-0.4, -0.2) is 25.2 Å². The van der Waals surface area contributed by atoms with E-state index in [1.54, 1.807) is 0 Å². The third-order valence-corrected chi connectivity index (χ3v) is 2.90. The van der Waals surface area contributed by atoms with Crippen molar-refractivity contribution in [1.82, 2.24) is 0 Å². The molecule has 0 saturated carbocycles. The fourth-order valence-corrected chi connectivity index (χ4v) is 1.95. The summed E-state index contributed by atoms with van der Waals surface area (Å²) in [4.78, 5) is 3.32. The minimum Gasteiger partial charge on any atom is -0.462 e. The van der Waals surface area contributed by atoms with Gasteiger partial charge in [-0.1, -0.05) is 0 Å². The summed E-state index contributed by atoms with van der Waals surface area (Å²) in [6, 6.07) is 2.37. The van der Waals surface area contributed by atoms with Gasteiger partial charge in [-0.25, -0.2) is 22.6 Å². The highest BCUT2D eigenvalue weighted by molar-refractivity contribution is 5.73. The van der Waals surface area contributed by atoms with E-state index < -0.39 is 42.1 Å². The van der Waals surface area contributed by atoms with E-state index >= 15 is 0 Å². The minimum absolute atomic E-state index is 0.0175. The van der Waals surface area contributed by atoms with Crippen LogP contribution < -0.4 is 11.5 Å². The lowest BCUT2D eigenvalue weighted by Crippen LogP contribution is -2.50. The second-order valence-electron chi connectivity index (χ2n) is 4.09. The molecule has 1 aliphatic rings. The van der Waals surface area contributed by atoms with Gasteiger partial charge in [-0.15, -0.1) is 0 Å². The van der Waals surface area contributed by atoms with Crippen molar-refractivity contribution in [1.29, 1.82) is 0 Å². The van der Waals surface area contributed by atoms with Crippen LogP contribution in [0.2, 0.25) is 0 Å². The molecule has 0 aromatic heterocycles. The molecule has 1 aromatic rings. The number of nitrogen functional groups attached to an aromatic ring is 1. The number of hydrogen-bond donors (Lipinski definition) is 2. The van der Waals surface area contributed by atoms with Crippen LogP contribution in [0, 0.1) is 5.82 Å². The predicted molar refractivity (Wildman–Crippen MR) is 61.0 cm³/mol. The van der Waals surface area contributed by atoms with Crippen molar-refractivity contribution in [3.63, 3.8) is 0 Å². The molecule has 0 unspecified atom stereocenters. The van der Waals surface area contributed by atoms with Crippen LogP contribution in [0.15, 0.2) is 23.2 Å². The van der Waals surface area contributed by atoms with Gasteiger partial charge in [0.05, 0.1) is 0 Å². The third kappa shape index (κ3) is 2.06. The Kier molecular flexibility index (Phi) is 3.25. The van der Waals surface area contributed by atoms with E-state index in [1.807, 2.05) is 0 Å². The van der Waals surface area contributed by atoms with Crippen LogP contribution in [0.5, 0.6) is 0 Å². The summed E-state index contributed by atoms with van der Waals surface area (Å²) in [5.41, 5.74) is 7.28. The zero-order chi connectivity index (χ0) is 14.2. The molecule has 19 heavy (non-hydrogen) atoms. The Labute approximate surface area is 106 Å². The van der Waals surface area contributed by atoms with Gasteiger partial charge >= 0.3 is 0 Å². The number of hydrogen-bond acceptors (Lipinski definition) is 4. The maximum atomic E-state index is 13.9. The molecule has 8 heteroatoms. The first-order valence-electron chi connectivity index (χ1n) is 5.33. The predicted octanol–water partition coefficient (Wildman–Crippen LogP) is 1.55. The first-order valence-corrected chi connectivity index (χ1v) is 5.33. The normalized spacial score (nSPS) is 27.0. The number of anilines is 1. The van der Waals surface area contributed by atoms with E-state index in [0.717, 1.165) is 12.1 Å². The number of nitrogens with zero attached hydrogens (tertiary/aromatic N) is 1. The zero-order valence-corrected chi connectivity index (χ0v) is 9.62. The monoisotopic (exact) mass is 277 g/mol. The van der Waals surface area contributed by atoms with E-state index in [0.29, 0.717) is 0 Å². The van der Waals surface area contributed by atoms with Crippen LogP contribution in [0.25, 0.3) is 0 Å². The highest BCUT2D eigenvalue weighted by Crippen LogP contribution is 2.41. The van der Waals surface area contributed by atoms with E-state index in [4.69, 9.17) is 11.5 Å². The molecule has 2 atom stereocenters. The molecular weight excluding hydrogens is 266 g/mol. The van der Waals surface area contributed by atoms with Gasteiger partial charge in [0.1, 0.15) is 12.4 Å². The van der Waals surface area contributed by atoms with E-state index in [9.17, 15) is 17.6 Å². The number of halogens is 4. The van der Waals surface area contributed by atoms with Crippen molar-refractivity contribution in [3.8, 4) is 0 Å². The molecule has 1 aromatic carbocycles. The Hall–Kier alpha value is -1.99. The lowest BCUT2D eigenvalue weighted by molar-refractivity contribution is -0.0302. The van der Waals surface area contributed by atoms with Gasteiger partial charge in [-0.05, 0) is 18.2 Å². The summed E-state index contributed by atoms with van der Waals surface area (Å²) in [6.07, 6.45) is -5.54. The standard InChI is InChI=1S/C11H11F4N3O/c12-7-2-1-5(16)3-6(7)11(9(14)15)8(13)4-19-10(17)18-11/h1-3,8-9H,4,16H2,(H2,17,18)/t8-,11+/m0/s1. The molecule has 0 amide bonds. The number of nitrogens with two attached hydrogens (primary N) is 2. The van der Waals surface area contributed by atoms with Gasteiger partial charge in [0.15, 0.2) is 11.7 Å². The Bertz CT molecular complexity index is 523. The average Bonchev–Trinajstić information content (AvgIpc) is 2.35. The van der Waals surface area contributed by atoms with Crippen molar-refractivity contribution >= 4 is 11.7 Å². The quantitative estimate of drug-likeness (QED) is 0.636. The summed E-state index contributed by atoms with van der Waals surface area (Å²) in [7, 11) is 0. The number of ether oxygens (including phenoxy) is 1. The van der Waals surface area contributed by atoms with Gasteiger partial charge in [-0.3, -0.25) is 0 Å². The van der Waals surface area contributed by atoms with Crippen molar-refractivity contribution in [2.24, 2.45) is 10.7 Å². The minimum atomic E-state index is -3.30. The van der Waals surface area contributed by atoms with Crippen molar-refractivity contribution in [3.05, 3.63) is 29.6 Å². The number of aliphatic imine (C=N–C) groups is 1. The first kappa shape index (κ1) is 13.4. The van der Waals surface area contributed by atoms with Gasteiger partial charge in [0.25, 0.3) is 12.4 Å². The summed E-state index contributed by atoms with van der Waals surface area (Å²) in [5.74, 6) is -1.03. The van der Waals surface area contributed by atoms with Crippen LogP contribution in [0.4, 0.5) is 23.2 Å². The van der Waals surface area contributed by atoms with Gasteiger partial charge < -0.3 is 16.2 Å². The largest absolute Gasteiger partial charge is 0.462 e. The summed E-state index contributed by atoms with van der Waals surface area (Å²) >= 11 is 0. The van der Waals surface area contributed by atoms with E-state index in [-0.39, 0.29) is 5.69 Å². The molecule has 1 heterocycles. The summed E-state index contributed by atoms with van der Waals surface area (Å²) in [6.45, 7) is -0.728. The summed E-state index contributed by atoms with van der Waals surface area (Å²) in [5, 5.41) is 0. The molecule has 0 bridgehead atoms.